The van der Waals surface area contributed by atoms with Gasteiger partial charge in [-0.15, -0.1) is 11.8 Å². The van der Waals surface area contributed by atoms with Gasteiger partial charge in [0.25, 0.3) is 5.56 Å². The molecule has 1 unspecified atom stereocenters. The highest BCUT2D eigenvalue weighted by molar-refractivity contribution is 7.99. The number of aromatic nitrogens is 2. The van der Waals surface area contributed by atoms with Crippen molar-refractivity contribution in [1.82, 2.24) is 9.72 Å². The molecule has 1 fully saturated rings. The van der Waals surface area contributed by atoms with E-state index < -0.39 is 12.0 Å². The number of hydrogen-bond acceptors (Lipinski definition) is 5. The maximum absolute atomic E-state index is 12.4. The zero-order valence-electron chi connectivity index (χ0n) is 11.9. The first kappa shape index (κ1) is 13.6. The lowest BCUT2D eigenvalue weighted by Gasteiger charge is -2.14. The topological polar surface area (TPSA) is 85.3 Å². The molecule has 6 nitrogen and oxygen atoms in total. The third-order valence-corrected chi connectivity index (χ3v) is 5.27. The Morgan fingerprint density at radius 1 is 1.45 bits per heavy atom. The molecule has 1 aliphatic heterocycles. The largest absolute Gasteiger partial charge is 0.480 e. The molecule has 2 aromatic rings. The van der Waals surface area contributed by atoms with Crippen LogP contribution in [-0.2, 0) is 4.79 Å². The fourth-order valence-electron chi connectivity index (χ4n) is 2.93. The van der Waals surface area contributed by atoms with Crippen molar-refractivity contribution in [2.75, 3.05) is 5.75 Å². The first-order valence-corrected chi connectivity index (χ1v) is 8.13. The quantitative estimate of drug-likeness (QED) is 0.935. The first-order valence-electron chi connectivity index (χ1n) is 7.15. The van der Waals surface area contributed by atoms with Gasteiger partial charge in [-0.3, -0.25) is 9.36 Å². The van der Waals surface area contributed by atoms with E-state index in [-0.39, 0.29) is 5.56 Å². The van der Waals surface area contributed by atoms with Crippen LogP contribution in [0.2, 0.25) is 0 Å². The highest BCUT2D eigenvalue weighted by atomic mass is 32.2. The molecule has 22 heavy (non-hydrogen) atoms. The summed E-state index contributed by atoms with van der Waals surface area (Å²) in [6.45, 7) is 1.83. The third kappa shape index (κ3) is 1.99. The second-order valence-corrected chi connectivity index (χ2v) is 6.77. The Bertz CT molecular complexity index is 835. The number of carbonyl (C=O) groups is 1. The molecule has 1 saturated carbocycles. The van der Waals surface area contributed by atoms with Gasteiger partial charge in [-0.25, -0.2) is 4.79 Å². The molecule has 0 spiro atoms. The minimum atomic E-state index is -0.960. The zero-order valence-corrected chi connectivity index (χ0v) is 12.7. The summed E-state index contributed by atoms with van der Waals surface area (Å²) >= 11 is 1.45. The van der Waals surface area contributed by atoms with Crippen LogP contribution in [0.4, 0.5) is 0 Å². The van der Waals surface area contributed by atoms with Gasteiger partial charge in [0.05, 0.1) is 10.7 Å². The number of aliphatic carboxylic acids is 1. The van der Waals surface area contributed by atoms with Crippen molar-refractivity contribution < 1.29 is 14.4 Å². The second kappa shape index (κ2) is 4.74. The molecule has 1 aliphatic carbocycles. The number of carboxylic acid groups (broad SMARTS) is 1. The van der Waals surface area contributed by atoms with Gasteiger partial charge < -0.3 is 9.63 Å². The van der Waals surface area contributed by atoms with Gasteiger partial charge >= 0.3 is 5.97 Å². The lowest BCUT2D eigenvalue weighted by molar-refractivity contribution is -0.140. The summed E-state index contributed by atoms with van der Waals surface area (Å²) in [5.41, 5.74) is 2.27. The van der Waals surface area contributed by atoms with E-state index in [1.54, 1.807) is 0 Å². The van der Waals surface area contributed by atoms with E-state index in [0.29, 0.717) is 17.4 Å². The minimum absolute atomic E-state index is 0.291. The molecule has 114 valence electrons. The average molecular weight is 318 g/mol. The van der Waals surface area contributed by atoms with Crippen LogP contribution >= 0.6 is 11.8 Å². The molecule has 0 amide bonds. The summed E-state index contributed by atoms with van der Waals surface area (Å²) in [5, 5.41) is 14.0. The molecule has 1 atom stereocenters. The Morgan fingerprint density at radius 2 is 2.23 bits per heavy atom. The van der Waals surface area contributed by atoms with E-state index in [9.17, 15) is 14.7 Å². The number of hydrogen-bond donors (Lipinski definition) is 1. The van der Waals surface area contributed by atoms with Crippen molar-refractivity contribution in [2.45, 2.75) is 36.8 Å². The highest BCUT2D eigenvalue weighted by Gasteiger charge is 2.38. The summed E-state index contributed by atoms with van der Waals surface area (Å²) < 4.78 is 6.76. The Morgan fingerprint density at radius 3 is 2.82 bits per heavy atom. The van der Waals surface area contributed by atoms with E-state index >= 15 is 0 Å². The molecule has 1 N–H and O–H groups in total. The van der Waals surface area contributed by atoms with Crippen molar-refractivity contribution in [3.63, 3.8) is 0 Å². The molecular weight excluding hydrogens is 304 g/mol. The lowest BCUT2D eigenvalue weighted by Crippen LogP contribution is -2.29. The first-order chi connectivity index (χ1) is 10.6. The SMILES string of the molecule is Cc1cc(-c2cc(=O)n3c(c2C2CC2)SCC3C(=O)O)on1. The number of pyridine rings is 1. The molecular formula is C15H14N2O4S. The maximum Gasteiger partial charge on any atom is 0.327 e. The predicted molar refractivity (Wildman–Crippen MR) is 80.3 cm³/mol. The average Bonchev–Trinajstić information content (AvgIpc) is 3.04. The Labute approximate surface area is 130 Å². The fraction of sp³-hybridized carbons (Fsp3) is 0.400. The van der Waals surface area contributed by atoms with Crippen molar-refractivity contribution in [3.05, 3.63) is 33.7 Å². The molecule has 0 aromatic carbocycles. The third-order valence-electron chi connectivity index (χ3n) is 4.10. The number of thioether (sulfide) groups is 1. The molecule has 2 aliphatic rings. The van der Waals surface area contributed by atoms with Gasteiger partial charge in [-0.2, -0.15) is 0 Å². The van der Waals surface area contributed by atoms with Crippen LogP contribution in [0.5, 0.6) is 0 Å². The number of fused-ring (bicyclic) bond motifs is 1. The summed E-state index contributed by atoms with van der Waals surface area (Å²) in [6, 6.07) is 2.53. The zero-order chi connectivity index (χ0) is 15.4. The molecule has 3 heterocycles. The van der Waals surface area contributed by atoms with Crippen LogP contribution in [0.25, 0.3) is 11.3 Å². The van der Waals surface area contributed by atoms with Gasteiger partial charge in [-0.1, -0.05) is 5.16 Å². The summed E-state index contributed by atoms with van der Waals surface area (Å²) in [4.78, 5) is 23.8. The lowest BCUT2D eigenvalue weighted by atomic mass is 10.0. The van der Waals surface area contributed by atoms with E-state index in [0.717, 1.165) is 34.7 Å². The van der Waals surface area contributed by atoms with Crippen LogP contribution < -0.4 is 5.56 Å². The van der Waals surface area contributed by atoms with Gasteiger partial charge in [0.2, 0.25) is 0 Å². The van der Waals surface area contributed by atoms with Crippen LogP contribution in [0.3, 0.4) is 0 Å². The smallest absolute Gasteiger partial charge is 0.327 e. The highest BCUT2D eigenvalue weighted by Crippen LogP contribution is 2.50. The fourth-order valence-corrected chi connectivity index (χ4v) is 4.33. The Kier molecular flexibility index (Phi) is 2.94. The standard InChI is InChI=1S/C15H14N2O4S/c1-7-4-11(21-16-7)9-5-12(18)17-10(15(19)20)6-22-14(17)13(9)8-2-3-8/h4-5,8,10H,2-3,6H2,1H3,(H,19,20). The molecule has 0 bridgehead atoms. The number of nitrogens with zero attached hydrogens (tertiary/aromatic N) is 2. The van der Waals surface area contributed by atoms with Crippen LogP contribution in [-0.4, -0.2) is 26.6 Å². The van der Waals surface area contributed by atoms with Crippen LogP contribution in [0.1, 0.15) is 36.1 Å². The van der Waals surface area contributed by atoms with E-state index in [1.807, 2.05) is 13.0 Å². The predicted octanol–water partition coefficient (Wildman–Crippen LogP) is 2.42. The molecule has 2 aromatic heterocycles. The minimum Gasteiger partial charge on any atom is -0.480 e. The molecule has 0 radical (unpaired) electrons. The normalized spacial score (nSPS) is 20.1. The number of carboxylic acids is 1. The van der Waals surface area contributed by atoms with Gasteiger partial charge in [0.1, 0.15) is 6.04 Å². The summed E-state index contributed by atoms with van der Waals surface area (Å²) in [7, 11) is 0. The van der Waals surface area contributed by atoms with Crippen molar-refractivity contribution in [3.8, 4) is 11.3 Å². The van der Waals surface area contributed by atoms with Crippen LogP contribution in [0.15, 0.2) is 26.5 Å². The molecule has 4 rings (SSSR count). The van der Waals surface area contributed by atoms with Gasteiger partial charge in [-0.05, 0) is 31.2 Å². The summed E-state index contributed by atoms with van der Waals surface area (Å²) in [5.74, 6) is 0.392. The van der Waals surface area contributed by atoms with E-state index in [2.05, 4.69) is 5.16 Å². The number of rotatable bonds is 3. The number of aryl methyl sites for hydroxylation is 1. The van der Waals surface area contributed by atoms with Crippen molar-refractivity contribution in [1.29, 1.82) is 0 Å². The van der Waals surface area contributed by atoms with E-state index in [1.165, 1.54) is 22.4 Å². The molecule has 0 saturated heterocycles. The van der Waals surface area contributed by atoms with E-state index in [4.69, 9.17) is 4.52 Å². The second-order valence-electron chi connectivity index (χ2n) is 5.76. The van der Waals surface area contributed by atoms with Crippen molar-refractivity contribution >= 4 is 17.7 Å². The van der Waals surface area contributed by atoms with Crippen LogP contribution in [0, 0.1) is 6.92 Å². The Hall–Kier alpha value is -2.02. The monoisotopic (exact) mass is 318 g/mol. The van der Waals surface area contributed by atoms with Gasteiger partial charge in [0, 0.05) is 23.4 Å². The summed E-state index contributed by atoms with van der Waals surface area (Å²) in [6.07, 6.45) is 2.12. The maximum atomic E-state index is 12.4. The Balaban J connectivity index is 1.97. The molecule has 7 heteroatoms. The van der Waals surface area contributed by atoms with Crippen molar-refractivity contribution in [2.24, 2.45) is 0 Å². The van der Waals surface area contributed by atoms with Gasteiger partial charge in [0.15, 0.2) is 5.76 Å².